The first-order chi connectivity index (χ1) is 13.1. The van der Waals surface area contributed by atoms with Crippen molar-refractivity contribution in [2.45, 2.75) is 13.3 Å². The van der Waals surface area contributed by atoms with Crippen LogP contribution in [0, 0.1) is 6.92 Å². The summed E-state index contributed by atoms with van der Waals surface area (Å²) in [7, 11) is 3.55. The van der Waals surface area contributed by atoms with Gasteiger partial charge in [-0.15, -0.1) is 11.3 Å². The molecule has 0 aliphatic carbocycles. The van der Waals surface area contributed by atoms with E-state index in [0.717, 1.165) is 33.6 Å². The molecule has 3 rings (SSSR count). The van der Waals surface area contributed by atoms with Crippen LogP contribution in [0.2, 0.25) is 0 Å². The molecule has 0 bridgehead atoms. The van der Waals surface area contributed by atoms with Gasteiger partial charge >= 0.3 is 0 Å². The fourth-order valence-corrected chi connectivity index (χ4v) is 3.91. The summed E-state index contributed by atoms with van der Waals surface area (Å²) in [6.07, 6.45) is 0.797. The molecule has 27 heavy (non-hydrogen) atoms. The van der Waals surface area contributed by atoms with Crippen molar-refractivity contribution in [1.82, 2.24) is 15.3 Å². The zero-order chi connectivity index (χ0) is 19.2. The van der Waals surface area contributed by atoms with Gasteiger partial charge in [0.05, 0.1) is 11.9 Å². The summed E-state index contributed by atoms with van der Waals surface area (Å²) < 4.78 is 5.00. The van der Waals surface area contributed by atoms with E-state index in [0.29, 0.717) is 19.0 Å². The van der Waals surface area contributed by atoms with Crippen LogP contribution >= 0.6 is 11.3 Å². The van der Waals surface area contributed by atoms with Crippen molar-refractivity contribution >= 4 is 33.3 Å². The SMILES string of the molecule is COCCCNC(=O)CN(C)c1nc(C)nc2scc(-c3ccccc3)c12. The Balaban J connectivity index is 1.87. The average Bonchev–Trinajstić information content (AvgIpc) is 3.09. The zero-order valence-electron chi connectivity index (χ0n) is 15.9. The number of benzene rings is 1. The molecule has 3 aromatic rings. The number of rotatable bonds is 8. The van der Waals surface area contributed by atoms with Crippen LogP contribution in [0.3, 0.4) is 0 Å². The summed E-state index contributed by atoms with van der Waals surface area (Å²) in [5, 5.41) is 6.02. The number of aryl methyl sites for hydroxylation is 1. The van der Waals surface area contributed by atoms with Crippen molar-refractivity contribution in [3.05, 3.63) is 41.5 Å². The lowest BCUT2D eigenvalue weighted by Gasteiger charge is -2.19. The van der Waals surface area contributed by atoms with E-state index in [-0.39, 0.29) is 12.5 Å². The number of ether oxygens (including phenoxy) is 1. The number of fused-ring (bicyclic) bond motifs is 1. The van der Waals surface area contributed by atoms with E-state index >= 15 is 0 Å². The van der Waals surface area contributed by atoms with Gasteiger partial charge in [-0.3, -0.25) is 4.79 Å². The lowest BCUT2D eigenvalue weighted by molar-refractivity contribution is -0.119. The van der Waals surface area contributed by atoms with Crippen LogP contribution < -0.4 is 10.2 Å². The second-order valence-electron chi connectivity index (χ2n) is 6.34. The summed E-state index contributed by atoms with van der Waals surface area (Å²) in [5.41, 5.74) is 2.22. The van der Waals surface area contributed by atoms with Crippen molar-refractivity contribution in [2.24, 2.45) is 0 Å². The van der Waals surface area contributed by atoms with Crippen molar-refractivity contribution in [3.63, 3.8) is 0 Å². The Morgan fingerprint density at radius 1 is 1.26 bits per heavy atom. The molecule has 6 nitrogen and oxygen atoms in total. The van der Waals surface area contributed by atoms with E-state index in [2.05, 4.69) is 32.8 Å². The first kappa shape index (κ1) is 19.3. The first-order valence-corrected chi connectivity index (χ1v) is 9.76. The number of amides is 1. The zero-order valence-corrected chi connectivity index (χ0v) is 16.7. The number of carbonyl (C=O) groups excluding carboxylic acids is 1. The summed E-state index contributed by atoms with van der Waals surface area (Å²) in [6, 6.07) is 10.2. The molecule has 0 fully saturated rings. The fourth-order valence-electron chi connectivity index (χ4n) is 2.92. The monoisotopic (exact) mass is 384 g/mol. The van der Waals surface area contributed by atoms with Gasteiger partial charge in [0.25, 0.3) is 0 Å². The molecule has 0 atom stereocenters. The lowest BCUT2D eigenvalue weighted by Crippen LogP contribution is -2.36. The molecule has 1 N–H and O–H groups in total. The second-order valence-corrected chi connectivity index (χ2v) is 7.20. The number of nitrogens with zero attached hydrogens (tertiary/aromatic N) is 3. The standard InChI is InChI=1S/C20H24N4O2S/c1-14-22-19(24(2)12-17(25)21-10-7-11-26-3)18-16(13-27-20(18)23-14)15-8-5-4-6-9-15/h4-6,8-9,13H,7,10-12H2,1-3H3,(H,21,25). The lowest BCUT2D eigenvalue weighted by atomic mass is 10.1. The van der Waals surface area contributed by atoms with Crippen molar-refractivity contribution in [1.29, 1.82) is 0 Å². The molecule has 0 aliphatic heterocycles. The molecule has 142 valence electrons. The third kappa shape index (κ3) is 4.61. The third-order valence-corrected chi connectivity index (χ3v) is 5.07. The normalized spacial score (nSPS) is 10.9. The van der Waals surface area contributed by atoms with Crippen molar-refractivity contribution in [3.8, 4) is 11.1 Å². The number of thiophene rings is 1. The van der Waals surface area contributed by atoms with Crippen LogP contribution in [-0.2, 0) is 9.53 Å². The van der Waals surface area contributed by atoms with Crippen LogP contribution in [0.15, 0.2) is 35.7 Å². The van der Waals surface area contributed by atoms with Gasteiger partial charge in [-0.2, -0.15) is 0 Å². The predicted molar refractivity (Wildman–Crippen MR) is 110 cm³/mol. The third-order valence-electron chi connectivity index (χ3n) is 4.20. The van der Waals surface area contributed by atoms with Gasteiger partial charge in [0.2, 0.25) is 5.91 Å². The molecule has 1 aromatic carbocycles. The maximum atomic E-state index is 12.3. The number of likely N-dealkylation sites (N-methyl/N-ethyl adjacent to an activating group) is 1. The van der Waals surface area contributed by atoms with Crippen LogP contribution in [0.25, 0.3) is 21.3 Å². The predicted octanol–water partition coefficient (Wildman–Crippen LogP) is 3.26. The summed E-state index contributed by atoms with van der Waals surface area (Å²) in [6.45, 7) is 3.36. The van der Waals surface area contributed by atoms with E-state index < -0.39 is 0 Å². The van der Waals surface area contributed by atoms with E-state index in [9.17, 15) is 4.79 Å². The minimum Gasteiger partial charge on any atom is -0.385 e. The molecular weight excluding hydrogens is 360 g/mol. The Morgan fingerprint density at radius 3 is 2.78 bits per heavy atom. The Hall–Kier alpha value is -2.51. The highest BCUT2D eigenvalue weighted by molar-refractivity contribution is 7.17. The summed E-state index contributed by atoms with van der Waals surface area (Å²) >= 11 is 1.60. The average molecular weight is 385 g/mol. The number of methoxy groups -OCH3 is 1. The second kappa shape index (κ2) is 8.92. The highest BCUT2D eigenvalue weighted by Crippen LogP contribution is 2.37. The Morgan fingerprint density at radius 2 is 2.04 bits per heavy atom. The molecule has 0 spiro atoms. The Labute approximate surface area is 163 Å². The highest BCUT2D eigenvalue weighted by atomic mass is 32.1. The van der Waals surface area contributed by atoms with Crippen molar-refractivity contribution in [2.75, 3.05) is 38.8 Å². The van der Waals surface area contributed by atoms with Crippen LogP contribution in [0.1, 0.15) is 12.2 Å². The highest BCUT2D eigenvalue weighted by Gasteiger charge is 2.18. The number of hydrogen-bond acceptors (Lipinski definition) is 6. The molecule has 2 aromatic heterocycles. The summed E-state index contributed by atoms with van der Waals surface area (Å²) in [5.74, 6) is 1.45. The molecule has 0 saturated heterocycles. The minimum atomic E-state index is -0.0329. The number of hydrogen-bond donors (Lipinski definition) is 1. The molecule has 0 radical (unpaired) electrons. The van der Waals surface area contributed by atoms with Gasteiger partial charge in [0, 0.05) is 38.3 Å². The largest absolute Gasteiger partial charge is 0.385 e. The van der Waals surface area contributed by atoms with E-state index in [1.807, 2.05) is 37.1 Å². The molecular formula is C20H24N4O2S. The number of aromatic nitrogens is 2. The van der Waals surface area contributed by atoms with Gasteiger partial charge in [-0.1, -0.05) is 30.3 Å². The van der Waals surface area contributed by atoms with Crippen LogP contribution in [-0.4, -0.2) is 49.7 Å². The number of nitrogens with one attached hydrogen (secondary N) is 1. The molecule has 1 amide bonds. The maximum absolute atomic E-state index is 12.3. The quantitative estimate of drug-likeness (QED) is 0.604. The summed E-state index contributed by atoms with van der Waals surface area (Å²) in [4.78, 5) is 24.3. The molecule has 0 aliphatic rings. The van der Waals surface area contributed by atoms with Crippen LogP contribution in [0.5, 0.6) is 0 Å². The molecule has 7 heteroatoms. The van der Waals surface area contributed by atoms with Crippen molar-refractivity contribution < 1.29 is 9.53 Å². The molecule has 0 saturated carbocycles. The van der Waals surface area contributed by atoms with Gasteiger partial charge < -0.3 is 15.0 Å². The smallest absolute Gasteiger partial charge is 0.239 e. The number of carbonyl (C=O) groups is 1. The van der Waals surface area contributed by atoms with E-state index in [4.69, 9.17) is 4.74 Å². The molecule has 2 heterocycles. The number of anilines is 1. The van der Waals surface area contributed by atoms with Gasteiger partial charge in [-0.25, -0.2) is 9.97 Å². The van der Waals surface area contributed by atoms with E-state index in [1.165, 1.54) is 0 Å². The topological polar surface area (TPSA) is 67.3 Å². The Kier molecular flexibility index (Phi) is 6.36. The van der Waals surface area contributed by atoms with Gasteiger partial charge in [-0.05, 0) is 18.9 Å². The van der Waals surface area contributed by atoms with Crippen LogP contribution in [0.4, 0.5) is 5.82 Å². The fraction of sp³-hybridized carbons (Fsp3) is 0.350. The van der Waals surface area contributed by atoms with Gasteiger partial charge in [0.15, 0.2) is 0 Å². The first-order valence-electron chi connectivity index (χ1n) is 8.88. The van der Waals surface area contributed by atoms with Gasteiger partial charge in [0.1, 0.15) is 16.5 Å². The van der Waals surface area contributed by atoms with E-state index in [1.54, 1.807) is 18.4 Å². The Bertz CT molecular complexity index is 911. The molecule has 0 unspecified atom stereocenters. The minimum absolute atomic E-state index is 0.0329. The maximum Gasteiger partial charge on any atom is 0.239 e.